The molecule has 1 aromatic heterocycles. The van der Waals surface area contributed by atoms with Crippen LogP contribution in [0.2, 0.25) is 0 Å². The zero-order chi connectivity index (χ0) is 13.1. The SMILES string of the molecule is CC(C)Cn1ncnc1CC(F)(CN)C(C)C. The predicted octanol–water partition coefficient (Wildman–Crippen LogP) is 1.80. The Hall–Kier alpha value is -0.970. The van der Waals surface area contributed by atoms with E-state index in [0.717, 1.165) is 6.54 Å². The van der Waals surface area contributed by atoms with Crippen molar-refractivity contribution >= 4 is 0 Å². The molecule has 1 heterocycles. The van der Waals surface area contributed by atoms with Gasteiger partial charge in [0.1, 0.15) is 17.8 Å². The Morgan fingerprint density at radius 3 is 2.53 bits per heavy atom. The Morgan fingerprint density at radius 1 is 1.41 bits per heavy atom. The van der Waals surface area contributed by atoms with Gasteiger partial charge in [0.05, 0.1) is 0 Å². The number of aromatic nitrogens is 3. The number of nitrogens with zero attached hydrogens (tertiary/aromatic N) is 3. The number of hydrogen-bond donors (Lipinski definition) is 1. The fourth-order valence-electron chi connectivity index (χ4n) is 1.70. The van der Waals surface area contributed by atoms with Gasteiger partial charge in [-0.15, -0.1) is 0 Å². The van der Waals surface area contributed by atoms with Crippen molar-refractivity contribution in [3.8, 4) is 0 Å². The van der Waals surface area contributed by atoms with Gasteiger partial charge in [-0.05, 0) is 11.8 Å². The van der Waals surface area contributed by atoms with Gasteiger partial charge in [-0.1, -0.05) is 27.7 Å². The summed E-state index contributed by atoms with van der Waals surface area (Å²) in [5.41, 5.74) is 4.14. The average Bonchev–Trinajstić information content (AvgIpc) is 2.64. The molecule has 17 heavy (non-hydrogen) atoms. The van der Waals surface area contributed by atoms with E-state index in [0.29, 0.717) is 11.7 Å². The molecule has 0 saturated carbocycles. The lowest BCUT2D eigenvalue weighted by molar-refractivity contribution is 0.106. The van der Waals surface area contributed by atoms with Gasteiger partial charge in [0.25, 0.3) is 0 Å². The molecule has 0 aliphatic heterocycles. The molecular formula is C12H23FN4. The van der Waals surface area contributed by atoms with Crippen molar-refractivity contribution in [1.82, 2.24) is 14.8 Å². The number of alkyl halides is 1. The summed E-state index contributed by atoms with van der Waals surface area (Å²) in [6.45, 7) is 8.65. The standard InChI is InChI=1S/C12H23FN4/c1-9(2)6-17-11(15-8-16-17)5-12(13,7-14)10(3)4/h8-10H,5-7,14H2,1-4H3. The molecule has 0 bridgehead atoms. The molecule has 0 spiro atoms. The topological polar surface area (TPSA) is 56.7 Å². The molecule has 5 heteroatoms. The molecule has 0 aliphatic rings. The summed E-state index contributed by atoms with van der Waals surface area (Å²) in [7, 11) is 0. The van der Waals surface area contributed by atoms with Crippen LogP contribution in [0.5, 0.6) is 0 Å². The summed E-state index contributed by atoms with van der Waals surface area (Å²) in [5, 5.41) is 4.13. The van der Waals surface area contributed by atoms with E-state index in [-0.39, 0.29) is 18.9 Å². The van der Waals surface area contributed by atoms with E-state index in [9.17, 15) is 4.39 Å². The second-order valence-corrected chi connectivity index (χ2v) is 5.32. The lowest BCUT2D eigenvalue weighted by Crippen LogP contribution is -2.41. The third kappa shape index (κ3) is 3.49. The van der Waals surface area contributed by atoms with Crippen LogP contribution in [0.3, 0.4) is 0 Å². The summed E-state index contributed by atoms with van der Waals surface area (Å²) in [5.74, 6) is 1.01. The largest absolute Gasteiger partial charge is 0.328 e. The molecule has 0 radical (unpaired) electrons. The molecule has 0 amide bonds. The zero-order valence-electron chi connectivity index (χ0n) is 11.2. The highest BCUT2D eigenvalue weighted by Gasteiger charge is 2.34. The van der Waals surface area contributed by atoms with Gasteiger partial charge in [-0.2, -0.15) is 5.10 Å². The van der Waals surface area contributed by atoms with Gasteiger partial charge in [0, 0.05) is 19.5 Å². The lowest BCUT2D eigenvalue weighted by Gasteiger charge is -2.27. The van der Waals surface area contributed by atoms with Crippen molar-refractivity contribution in [3.05, 3.63) is 12.2 Å². The molecule has 4 nitrogen and oxygen atoms in total. The van der Waals surface area contributed by atoms with Crippen LogP contribution in [0.25, 0.3) is 0 Å². The maximum atomic E-state index is 14.5. The van der Waals surface area contributed by atoms with E-state index in [4.69, 9.17) is 5.73 Å². The fourth-order valence-corrected chi connectivity index (χ4v) is 1.70. The molecule has 0 aromatic carbocycles. The van der Waals surface area contributed by atoms with Crippen molar-refractivity contribution in [3.63, 3.8) is 0 Å². The maximum absolute atomic E-state index is 14.5. The van der Waals surface area contributed by atoms with Crippen molar-refractivity contribution < 1.29 is 4.39 Å². The highest BCUT2D eigenvalue weighted by Crippen LogP contribution is 2.25. The molecule has 1 unspecified atom stereocenters. The average molecular weight is 242 g/mol. The first-order valence-corrected chi connectivity index (χ1v) is 6.14. The van der Waals surface area contributed by atoms with E-state index in [2.05, 4.69) is 23.9 Å². The maximum Gasteiger partial charge on any atom is 0.138 e. The number of rotatable bonds is 6. The van der Waals surface area contributed by atoms with Crippen molar-refractivity contribution in [2.45, 2.75) is 46.3 Å². The molecule has 1 rings (SSSR count). The van der Waals surface area contributed by atoms with Crippen LogP contribution < -0.4 is 5.73 Å². The van der Waals surface area contributed by atoms with E-state index in [1.807, 2.05) is 13.8 Å². The van der Waals surface area contributed by atoms with Crippen molar-refractivity contribution in [2.24, 2.45) is 17.6 Å². The minimum atomic E-state index is -1.40. The van der Waals surface area contributed by atoms with Gasteiger partial charge in [0.2, 0.25) is 0 Å². The first-order valence-electron chi connectivity index (χ1n) is 6.14. The van der Waals surface area contributed by atoms with E-state index in [1.54, 1.807) is 4.68 Å². The molecule has 98 valence electrons. The second-order valence-electron chi connectivity index (χ2n) is 5.32. The zero-order valence-corrected chi connectivity index (χ0v) is 11.2. The molecule has 2 N–H and O–H groups in total. The molecular weight excluding hydrogens is 219 g/mol. The van der Waals surface area contributed by atoms with Crippen LogP contribution in [0.1, 0.15) is 33.5 Å². The van der Waals surface area contributed by atoms with Crippen LogP contribution in [0, 0.1) is 11.8 Å². The monoisotopic (exact) mass is 242 g/mol. The number of halogens is 1. The smallest absolute Gasteiger partial charge is 0.138 e. The van der Waals surface area contributed by atoms with E-state index < -0.39 is 5.67 Å². The summed E-state index contributed by atoms with van der Waals surface area (Å²) in [4.78, 5) is 4.14. The summed E-state index contributed by atoms with van der Waals surface area (Å²) < 4.78 is 16.3. The van der Waals surface area contributed by atoms with E-state index in [1.165, 1.54) is 6.33 Å². The van der Waals surface area contributed by atoms with Gasteiger partial charge < -0.3 is 5.73 Å². The summed E-state index contributed by atoms with van der Waals surface area (Å²) >= 11 is 0. The molecule has 1 atom stereocenters. The van der Waals surface area contributed by atoms with Crippen LogP contribution in [-0.4, -0.2) is 27.0 Å². The van der Waals surface area contributed by atoms with Gasteiger partial charge in [-0.3, -0.25) is 0 Å². The highest BCUT2D eigenvalue weighted by molar-refractivity contribution is 4.97. The quantitative estimate of drug-likeness (QED) is 0.827. The second kappa shape index (κ2) is 5.58. The van der Waals surface area contributed by atoms with Gasteiger partial charge in [-0.25, -0.2) is 14.1 Å². The number of nitrogens with two attached hydrogens (primary N) is 1. The lowest BCUT2D eigenvalue weighted by atomic mass is 9.89. The third-order valence-corrected chi connectivity index (χ3v) is 3.06. The van der Waals surface area contributed by atoms with E-state index >= 15 is 0 Å². The summed E-state index contributed by atoms with van der Waals surface area (Å²) in [6, 6.07) is 0. The van der Waals surface area contributed by atoms with Crippen LogP contribution >= 0.6 is 0 Å². The predicted molar refractivity (Wildman–Crippen MR) is 66.3 cm³/mol. The van der Waals surface area contributed by atoms with Crippen LogP contribution in [0.15, 0.2) is 6.33 Å². The Kier molecular flexibility index (Phi) is 4.62. The Morgan fingerprint density at radius 2 is 2.06 bits per heavy atom. The third-order valence-electron chi connectivity index (χ3n) is 3.06. The molecule has 0 saturated heterocycles. The van der Waals surface area contributed by atoms with Crippen molar-refractivity contribution in [2.75, 3.05) is 6.54 Å². The van der Waals surface area contributed by atoms with Crippen molar-refractivity contribution in [1.29, 1.82) is 0 Å². The number of hydrogen-bond acceptors (Lipinski definition) is 3. The minimum absolute atomic E-state index is 0.0131. The Balaban J connectivity index is 2.83. The first-order chi connectivity index (χ1) is 7.89. The van der Waals surface area contributed by atoms with Gasteiger partial charge in [0.15, 0.2) is 0 Å². The van der Waals surface area contributed by atoms with Gasteiger partial charge >= 0.3 is 0 Å². The highest BCUT2D eigenvalue weighted by atomic mass is 19.1. The molecule has 0 aliphatic carbocycles. The molecule has 1 aromatic rings. The summed E-state index contributed by atoms with van der Waals surface area (Å²) in [6.07, 6.45) is 1.71. The molecule has 0 fully saturated rings. The van der Waals surface area contributed by atoms with Crippen LogP contribution in [-0.2, 0) is 13.0 Å². The fraction of sp³-hybridized carbons (Fsp3) is 0.833. The first kappa shape index (κ1) is 14.1. The normalized spacial score (nSPS) is 15.5. The Bertz CT molecular complexity index is 348. The Labute approximate surface area is 102 Å². The minimum Gasteiger partial charge on any atom is -0.328 e. The van der Waals surface area contributed by atoms with Crippen LogP contribution in [0.4, 0.5) is 4.39 Å².